The molecule has 10 heteroatoms. The summed E-state index contributed by atoms with van der Waals surface area (Å²) in [4.78, 5) is 26.4. The van der Waals surface area contributed by atoms with Gasteiger partial charge in [-0.1, -0.05) is 30.3 Å². The summed E-state index contributed by atoms with van der Waals surface area (Å²) in [5, 5.41) is 12.0. The minimum Gasteiger partial charge on any atom is -0.465 e. The Labute approximate surface area is 186 Å². The molecule has 1 amide bonds. The van der Waals surface area contributed by atoms with Gasteiger partial charge >= 0.3 is 5.97 Å². The van der Waals surface area contributed by atoms with Gasteiger partial charge in [0, 0.05) is 32.4 Å². The molecule has 1 fully saturated rings. The lowest BCUT2D eigenvalue weighted by molar-refractivity contribution is -0.112. The second-order valence-electron chi connectivity index (χ2n) is 6.90. The van der Waals surface area contributed by atoms with Gasteiger partial charge in [-0.25, -0.2) is 13.2 Å². The number of piperazine rings is 1. The van der Waals surface area contributed by atoms with E-state index in [2.05, 4.69) is 5.32 Å². The van der Waals surface area contributed by atoms with E-state index < -0.39 is 21.9 Å². The molecule has 3 rings (SSSR count). The van der Waals surface area contributed by atoms with E-state index in [9.17, 15) is 23.3 Å². The van der Waals surface area contributed by atoms with E-state index in [1.165, 1.54) is 29.7 Å². The number of anilines is 1. The van der Waals surface area contributed by atoms with E-state index in [4.69, 9.17) is 4.74 Å². The number of carbonyl (C=O) groups excluding carboxylic acids is 2. The first-order chi connectivity index (χ1) is 15.4. The van der Waals surface area contributed by atoms with Crippen LogP contribution in [0.15, 0.2) is 71.3 Å². The van der Waals surface area contributed by atoms with Crippen LogP contribution in [0.2, 0.25) is 0 Å². The first-order valence-electron chi connectivity index (χ1n) is 9.76. The van der Waals surface area contributed by atoms with Gasteiger partial charge in [0.05, 0.1) is 23.3 Å². The Morgan fingerprint density at radius 2 is 1.66 bits per heavy atom. The van der Waals surface area contributed by atoms with Gasteiger partial charge in [-0.3, -0.25) is 4.79 Å². The van der Waals surface area contributed by atoms with Crippen LogP contribution in [0.3, 0.4) is 0 Å². The van der Waals surface area contributed by atoms with Crippen LogP contribution in [0.4, 0.5) is 5.69 Å². The molecule has 2 aromatic carbocycles. The zero-order valence-electron chi connectivity index (χ0n) is 17.4. The van der Waals surface area contributed by atoms with Crippen LogP contribution in [0, 0.1) is 11.3 Å². The number of hydrogen-bond donors (Lipinski definition) is 1. The molecule has 166 valence electrons. The minimum absolute atomic E-state index is 0.163. The summed E-state index contributed by atoms with van der Waals surface area (Å²) in [6.45, 7) is 1.09. The number of sulfonamides is 1. The number of methoxy groups -OCH3 is 1. The molecule has 9 nitrogen and oxygen atoms in total. The number of ether oxygens (including phenoxy) is 1. The molecule has 0 spiro atoms. The van der Waals surface area contributed by atoms with Crippen LogP contribution in [0.5, 0.6) is 0 Å². The quantitative estimate of drug-likeness (QED) is 0.402. The third kappa shape index (κ3) is 5.14. The van der Waals surface area contributed by atoms with Gasteiger partial charge in [-0.2, -0.15) is 9.57 Å². The molecule has 1 N–H and O–H groups in total. The van der Waals surface area contributed by atoms with Crippen LogP contribution < -0.4 is 5.32 Å². The summed E-state index contributed by atoms with van der Waals surface area (Å²) >= 11 is 0. The van der Waals surface area contributed by atoms with E-state index in [0.717, 1.165) is 0 Å². The lowest BCUT2D eigenvalue weighted by atomic mass is 10.1. The summed E-state index contributed by atoms with van der Waals surface area (Å²) in [5.41, 5.74) is 0.230. The molecule has 0 radical (unpaired) electrons. The predicted octanol–water partition coefficient (Wildman–Crippen LogP) is 1.83. The first kappa shape index (κ1) is 23.0. The van der Waals surface area contributed by atoms with Gasteiger partial charge in [0.15, 0.2) is 0 Å². The summed E-state index contributed by atoms with van der Waals surface area (Å²) < 4.78 is 31.6. The van der Waals surface area contributed by atoms with E-state index in [-0.39, 0.29) is 34.8 Å². The molecule has 0 unspecified atom stereocenters. The highest BCUT2D eigenvalue weighted by molar-refractivity contribution is 7.89. The maximum atomic E-state index is 12.7. The van der Waals surface area contributed by atoms with Crippen molar-refractivity contribution in [2.24, 2.45) is 0 Å². The monoisotopic (exact) mass is 454 g/mol. The van der Waals surface area contributed by atoms with Crippen molar-refractivity contribution in [3.8, 4) is 6.07 Å². The lowest BCUT2D eigenvalue weighted by Gasteiger charge is -2.33. The number of carbonyl (C=O) groups is 2. The molecular formula is C22H22N4O5S. The Morgan fingerprint density at radius 3 is 2.28 bits per heavy atom. The highest BCUT2D eigenvalue weighted by Crippen LogP contribution is 2.19. The Kier molecular flexibility index (Phi) is 7.25. The zero-order chi connectivity index (χ0) is 23.1. The second-order valence-corrected chi connectivity index (χ2v) is 8.84. The highest BCUT2D eigenvalue weighted by atomic mass is 32.2. The molecule has 1 aliphatic heterocycles. The number of esters is 1. The summed E-state index contributed by atoms with van der Waals surface area (Å²) in [6.07, 6.45) is 1.41. The maximum Gasteiger partial charge on any atom is 0.339 e. The normalized spacial score (nSPS) is 15.0. The summed E-state index contributed by atoms with van der Waals surface area (Å²) in [7, 11) is -2.36. The fourth-order valence-electron chi connectivity index (χ4n) is 3.21. The number of rotatable bonds is 6. The van der Waals surface area contributed by atoms with Crippen molar-refractivity contribution in [3.63, 3.8) is 0 Å². The standard InChI is InChI=1S/C22H22N4O5S/c1-31-22(28)19-9-5-6-10-20(19)24-21(27)17(15-23)16-25-11-13-26(14-12-25)32(29,30)18-7-3-2-4-8-18/h2-10,16H,11-14H2,1H3,(H,24,27)/b17-16-. The van der Waals surface area contributed by atoms with Gasteiger partial charge < -0.3 is 15.0 Å². The number of hydrogen-bond acceptors (Lipinski definition) is 7. The third-order valence-electron chi connectivity index (χ3n) is 4.91. The Bertz CT molecular complexity index is 1160. The van der Waals surface area contributed by atoms with Crippen molar-refractivity contribution in [2.45, 2.75) is 4.90 Å². The molecule has 0 aromatic heterocycles. The maximum absolute atomic E-state index is 12.7. The highest BCUT2D eigenvalue weighted by Gasteiger charge is 2.28. The average molecular weight is 455 g/mol. The molecule has 0 aliphatic carbocycles. The number of nitrogens with zero attached hydrogens (tertiary/aromatic N) is 3. The Balaban J connectivity index is 1.68. The zero-order valence-corrected chi connectivity index (χ0v) is 18.2. The van der Waals surface area contributed by atoms with Crippen LogP contribution >= 0.6 is 0 Å². The van der Waals surface area contributed by atoms with E-state index in [0.29, 0.717) is 13.1 Å². The van der Waals surface area contributed by atoms with Crippen LogP contribution in [-0.2, 0) is 19.6 Å². The third-order valence-corrected chi connectivity index (χ3v) is 6.82. The average Bonchev–Trinajstić information content (AvgIpc) is 2.83. The van der Waals surface area contributed by atoms with Gasteiger partial charge in [-0.15, -0.1) is 0 Å². The van der Waals surface area contributed by atoms with Crippen molar-refractivity contribution in [1.82, 2.24) is 9.21 Å². The molecule has 1 aliphatic rings. The van der Waals surface area contributed by atoms with Crippen molar-refractivity contribution in [1.29, 1.82) is 5.26 Å². The van der Waals surface area contributed by atoms with Crippen molar-refractivity contribution in [3.05, 3.63) is 71.9 Å². The van der Waals surface area contributed by atoms with Gasteiger partial charge in [-0.05, 0) is 24.3 Å². The fourth-order valence-corrected chi connectivity index (χ4v) is 4.65. The second kappa shape index (κ2) is 10.1. The molecular weight excluding hydrogens is 432 g/mol. The van der Waals surface area contributed by atoms with Crippen molar-refractivity contribution >= 4 is 27.6 Å². The molecule has 1 saturated heterocycles. The molecule has 0 atom stereocenters. The largest absolute Gasteiger partial charge is 0.465 e. The molecule has 1 heterocycles. The van der Waals surface area contributed by atoms with Gasteiger partial charge in [0.2, 0.25) is 10.0 Å². The number of nitrogens with one attached hydrogen (secondary N) is 1. The number of para-hydroxylation sites is 1. The lowest BCUT2D eigenvalue weighted by Crippen LogP contribution is -2.46. The summed E-state index contributed by atoms with van der Waals surface area (Å²) in [6, 6.07) is 16.4. The van der Waals surface area contributed by atoms with Crippen LogP contribution in [0.25, 0.3) is 0 Å². The fraction of sp³-hybridized carbons (Fsp3) is 0.227. The van der Waals surface area contributed by atoms with Crippen LogP contribution in [0.1, 0.15) is 10.4 Å². The SMILES string of the molecule is COC(=O)c1ccccc1NC(=O)/C(C#N)=C\N1CCN(S(=O)(=O)c2ccccc2)CC1. The van der Waals surface area contributed by atoms with Crippen molar-refractivity contribution < 1.29 is 22.7 Å². The number of amides is 1. The first-order valence-corrected chi connectivity index (χ1v) is 11.2. The van der Waals surface area contributed by atoms with E-state index in [1.54, 1.807) is 47.4 Å². The topological polar surface area (TPSA) is 120 Å². The van der Waals surface area contributed by atoms with Crippen molar-refractivity contribution in [2.75, 3.05) is 38.6 Å². The van der Waals surface area contributed by atoms with Gasteiger partial charge in [0.1, 0.15) is 11.6 Å². The number of nitriles is 1. The molecule has 0 bridgehead atoms. The van der Waals surface area contributed by atoms with E-state index in [1.807, 2.05) is 6.07 Å². The smallest absolute Gasteiger partial charge is 0.339 e. The molecule has 0 saturated carbocycles. The molecule has 2 aromatic rings. The Hall–Kier alpha value is -3.68. The summed E-state index contributed by atoms with van der Waals surface area (Å²) in [5.74, 6) is -1.29. The van der Waals surface area contributed by atoms with Crippen LogP contribution in [-0.4, -0.2) is 62.8 Å². The minimum atomic E-state index is -3.59. The predicted molar refractivity (Wildman–Crippen MR) is 117 cm³/mol. The number of benzene rings is 2. The van der Waals surface area contributed by atoms with Gasteiger partial charge in [0.25, 0.3) is 5.91 Å². The molecule has 32 heavy (non-hydrogen) atoms. The van der Waals surface area contributed by atoms with E-state index >= 15 is 0 Å². The Morgan fingerprint density at radius 1 is 1.03 bits per heavy atom.